The maximum Gasteiger partial charge on any atom is 0.271 e. The second kappa shape index (κ2) is 10.3. The number of unbranched alkanes of at least 4 members (excludes halogenated alkanes) is 2. The molecule has 1 aliphatic rings. The number of hydrogen-bond donors (Lipinski definition) is 1. The van der Waals surface area contributed by atoms with E-state index in [0.717, 1.165) is 23.8 Å². The van der Waals surface area contributed by atoms with Crippen molar-refractivity contribution in [2.75, 3.05) is 13.4 Å². The van der Waals surface area contributed by atoms with Crippen LogP contribution in [0.15, 0.2) is 47.3 Å². The molecule has 0 atom stereocenters. The molecule has 180 valence electrons. The lowest BCUT2D eigenvalue weighted by Gasteiger charge is -2.16. The van der Waals surface area contributed by atoms with Gasteiger partial charge in [-0.15, -0.1) is 0 Å². The van der Waals surface area contributed by atoms with Crippen LogP contribution in [0, 0.1) is 18.3 Å². The molecule has 2 aromatic carbocycles. The van der Waals surface area contributed by atoms with Crippen LogP contribution >= 0.6 is 0 Å². The number of ether oxygens (including phenoxy) is 3. The zero-order chi connectivity index (χ0) is 24.9. The van der Waals surface area contributed by atoms with Crippen LogP contribution in [0.4, 0.5) is 0 Å². The lowest BCUT2D eigenvalue weighted by molar-refractivity contribution is 0.103. The van der Waals surface area contributed by atoms with Gasteiger partial charge >= 0.3 is 0 Å². The number of rotatable bonds is 9. The minimum Gasteiger partial charge on any atom is -0.494 e. The highest BCUT2D eigenvalue weighted by atomic mass is 16.7. The van der Waals surface area contributed by atoms with Crippen molar-refractivity contribution in [1.29, 1.82) is 5.26 Å². The number of nitrogens with zero attached hydrogens (tertiary/aromatic N) is 2. The monoisotopic (exact) mass is 474 g/mol. The third kappa shape index (κ3) is 4.85. The molecule has 0 fully saturated rings. The molecule has 8 nitrogen and oxygen atoms in total. The molecular formula is C27H26N2O6. The molecule has 35 heavy (non-hydrogen) atoms. The Hall–Kier alpha value is -4.25. The average molecular weight is 475 g/mol. The first-order valence-corrected chi connectivity index (χ1v) is 11.5. The van der Waals surface area contributed by atoms with E-state index in [1.165, 1.54) is 6.92 Å². The normalized spacial score (nSPS) is 11.8. The van der Waals surface area contributed by atoms with Gasteiger partial charge < -0.3 is 19.3 Å². The highest BCUT2D eigenvalue weighted by molar-refractivity contribution is 6.11. The van der Waals surface area contributed by atoms with Gasteiger partial charge in [-0.25, -0.2) is 0 Å². The molecule has 4 rings (SSSR count). The van der Waals surface area contributed by atoms with E-state index in [0.29, 0.717) is 35.0 Å². The summed E-state index contributed by atoms with van der Waals surface area (Å²) >= 11 is 0. The summed E-state index contributed by atoms with van der Waals surface area (Å²) in [5.41, 5.74) is 0.138. The van der Waals surface area contributed by atoms with Gasteiger partial charge in [0, 0.05) is 5.56 Å². The number of pyridine rings is 1. The second-order valence-corrected chi connectivity index (χ2v) is 8.30. The van der Waals surface area contributed by atoms with Crippen molar-refractivity contribution in [2.24, 2.45) is 0 Å². The third-order valence-corrected chi connectivity index (χ3v) is 5.94. The van der Waals surface area contributed by atoms with E-state index in [9.17, 15) is 20.0 Å². The van der Waals surface area contributed by atoms with Gasteiger partial charge in [0.2, 0.25) is 12.7 Å². The predicted molar refractivity (Wildman–Crippen MR) is 128 cm³/mol. The van der Waals surface area contributed by atoms with E-state index in [4.69, 9.17) is 14.2 Å². The number of hydrogen-bond acceptors (Lipinski definition) is 7. The SMILES string of the molecule is CCCCCOc1ccc(C(=O)c2c(C)c(C#N)c(=O)n(Cc3ccc4c(c3)OCO4)c2O)cc1. The lowest BCUT2D eigenvalue weighted by atomic mass is 9.97. The molecule has 8 heteroatoms. The molecule has 1 aromatic heterocycles. The number of carbonyl (C=O) groups excluding carboxylic acids is 1. The fourth-order valence-electron chi connectivity index (χ4n) is 3.98. The molecule has 1 N–H and O–H groups in total. The number of aromatic hydroxyl groups is 1. The van der Waals surface area contributed by atoms with Gasteiger partial charge in [0.1, 0.15) is 17.4 Å². The molecule has 1 aliphatic heterocycles. The summed E-state index contributed by atoms with van der Waals surface area (Å²) in [7, 11) is 0. The molecule has 0 unspecified atom stereocenters. The standard InChI is InChI=1S/C27H26N2O6/c1-3-4-5-12-33-20-9-7-19(8-10-20)25(30)24-17(2)21(14-28)26(31)29(27(24)32)15-18-6-11-22-23(13-18)35-16-34-22/h6-11,13,32H,3-5,12,15-16H2,1-2H3. The molecule has 2 heterocycles. The number of ketones is 1. The van der Waals surface area contributed by atoms with Crippen LogP contribution in [0.1, 0.15) is 58.8 Å². The minimum atomic E-state index is -0.674. The second-order valence-electron chi connectivity index (χ2n) is 8.30. The van der Waals surface area contributed by atoms with E-state index in [1.807, 2.05) is 6.07 Å². The molecule has 0 bridgehead atoms. The van der Waals surface area contributed by atoms with Crippen LogP contribution < -0.4 is 19.8 Å². The number of nitriles is 1. The molecule has 0 aliphatic carbocycles. The number of benzene rings is 2. The van der Waals surface area contributed by atoms with Crippen LogP contribution in [-0.2, 0) is 6.54 Å². The first kappa shape index (κ1) is 23.9. The molecular weight excluding hydrogens is 448 g/mol. The molecule has 0 saturated carbocycles. The highest BCUT2D eigenvalue weighted by Crippen LogP contribution is 2.33. The predicted octanol–water partition coefficient (Wildman–Crippen LogP) is 4.31. The van der Waals surface area contributed by atoms with Crippen molar-refractivity contribution >= 4 is 5.78 Å². The van der Waals surface area contributed by atoms with Crippen LogP contribution in [0.5, 0.6) is 23.1 Å². The van der Waals surface area contributed by atoms with Gasteiger partial charge in [0.05, 0.1) is 18.7 Å². The Balaban J connectivity index is 1.66. The zero-order valence-electron chi connectivity index (χ0n) is 19.7. The van der Waals surface area contributed by atoms with Gasteiger partial charge in [-0.3, -0.25) is 14.2 Å². The molecule has 0 saturated heterocycles. The van der Waals surface area contributed by atoms with Crippen LogP contribution in [0.3, 0.4) is 0 Å². The summed E-state index contributed by atoms with van der Waals surface area (Å²) < 4.78 is 17.4. The summed E-state index contributed by atoms with van der Waals surface area (Å²) in [6.07, 6.45) is 3.13. The van der Waals surface area contributed by atoms with Crippen molar-refractivity contribution in [3.63, 3.8) is 0 Å². The van der Waals surface area contributed by atoms with Crippen LogP contribution in [-0.4, -0.2) is 28.9 Å². The maximum absolute atomic E-state index is 13.4. The Morgan fingerprint density at radius 3 is 2.60 bits per heavy atom. The molecule has 0 spiro atoms. The first-order chi connectivity index (χ1) is 16.9. The van der Waals surface area contributed by atoms with Gasteiger partial charge in [-0.2, -0.15) is 5.26 Å². The van der Waals surface area contributed by atoms with Gasteiger partial charge in [-0.1, -0.05) is 25.8 Å². The van der Waals surface area contributed by atoms with Crippen LogP contribution in [0.2, 0.25) is 0 Å². The molecule has 0 radical (unpaired) electrons. The van der Waals surface area contributed by atoms with Gasteiger partial charge in [0.15, 0.2) is 17.3 Å². The summed E-state index contributed by atoms with van der Waals surface area (Å²) in [5, 5.41) is 20.7. The van der Waals surface area contributed by atoms with E-state index >= 15 is 0 Å². The fraction of sp³-hybridized carbons (Fsp3) is 0.296. The van der Waals surface area contributed by atoms with E-state index in [2.05, 4.69) is 6.92 Å². The Morgan fingerprint density at radius 1 is 1.14 bits per heavy atom. The van der Waals surface area contributed by atoms with E-state index in [1.54, 1.807) is 42.5 Å². The Morgan fingerprint density at radius 2 is 1.89 bits per heavy atom. The van der Waals surface area contributed by atoms with Crippen molar-refractivity contribution in [3.05, 3.63) is 80.6 Å². The maximum atomic E-state index is 13.4. The number of aromatic nitrogens is 1. The smallest absolute Gasteiger partial charge is 0.271 e. The quantitative estimate of drug-likeness (QED) is 0.363. The highest BCUT2D eigenvalue weighted by Gasteiger charge is 2.25. The number of carbonyl (C=O) groups is 1. The summed E-state index contributed by atoms with van der Waals surface area (Å²) in [6, 6.07) is 13.6. The van der Waals surface area contributed by atoms with Crippen molar-refractivity contribution in [2.45, 2.75) is 39.7 Å². The summed E-state index contributed by atoms with van der Waals surface area (Å²) in [6.45, 7) is 4.25. The Labute approximate surface area is 202 Å². The lowest BCUT2D eigenvalue weighted by Crippen LogP contribution is -2.27. The Kier molecular flexibility index (Phi) is 7.06. The summed E-state index contributed by atoms with van der Waals surface area (Å²) in [5.74, 6) is 0.767. The minimum absolute atomic E-state index is 0.0545. The van der Waals surface area contributed by atoms with E-state index < -0.39 is 17.2 Å². The van der Waals surface area contributed by atoms with Crippen molar-refractivity contribution in [1.82, 2.24) is 4.57 Å². The first-order valence-electron chi connectivity index (χ1n) is 11.5. The molecule has 3 aromatic rings. The van der Waals surface area contributed by atoms with Gasteiger partial charge in [-0.05, 0) is 60.9 Å². The topological polar surface area (TPSA) is 111 Å². The van der Waals surface area contributed by atoms with E-state index in [-0.39, 0.29) is 30.0 Å². The Bertz CT molecular complexity index is 1350. The average Bonchev–Trinajstić information content (AvgIpc) is 3.33. The molecule has 0 amide bonds. The van der Waals surface area contributed by atoms with Crippen LogP contribution in [0.25, 0.3) is 0 Å². The van der Waals surface area contributed by atoms with Crippen molar-refractivity contribution in [3.8, 4) is 29.2 Å². The largest absolute Gasteiger partial charge is 0.494 e. The summed E-state index contributed by atoms with van der Waals surface area (Å²) in [4.78, 5) is 26.4. The van der Waals surface area contributed by atoms with Crippen molar-refractivity contribution < 1.29 is 24.1 Å². The zero-order valence-corrected chi connectivity index (χ0v) is 19.7. The third-order valence-electron chi connectivity index (χ3n) is 5.94. The number of fused-ring (bicyclic) bond motifs is 1. The fourth-order valence-corrected chi connectivity index (χ4v) is 3.98. The van der Waals surface area contributed by atoms with Gasteiger partial charge in [0.25, 0.3) is 5.56 Å².